The second-order valence-electron chi connectivity index (χ2n) is 8.37. The van der Waals surface area contributed by atoms with Crippen LogP contribution in [0.3, 0.4) is 0 Å². The molecule has 182 valence electrons. The Morgan fingerprint density at radius 2 is 2.06 bits per heavy atom. The van der Waals surface area contributed by atoms with Gasteiger partial charge in [0.1, 0.15) is 16.8 Å². The standard InChI is InChI=1S/C25H23F3N4OS2/c1-3-15-9-10-17-18(13-29)23(35-20(17)11-15)32-22(33)14(2)34-24-30-19(16-7-5-4-6-8-16)12-21(31-24)25(26,27)28/h4-8,12,14-15H,3,9-11H2,1-2H3,(H,32,33)/t14-,15+/m0/s1. The van der Waals surface area contributed by atoms with Crippen LogP contribution in [0.5, 0.6) is 0 Å². The minimum absolute atomic E-state index is 0.131. The Hall–Kier alpha value is -2.90. The topological polar surface area (TPSA) is 78.7 Å². The Labute approximate surface area is 209 Å². The van der Waals surface area contributed by atoms with E-state index >= 15 is 0 Å². The van der Waals surface area contributed by atoms with Gasteiger partial charge in [-0.2, -0.15) is 18.4 Å². The van der Waals surface area contributed by atoms with Crippen molar-refractivity contribution in [2.75, 3.05) is 5.32 Å². The number of hydrogen-bond donors (Lipinski definition) is 1. The molecule has 10 heteroatoms. The quantitative estimate of drug-likeness (QED) is 0.290. The highest BCUT2D eigenvalue weighted by Crippen LogP contribution is 2.40. The maximum atomic E-state index is 13.5. The first kappa shape index (κ1) is 25.2. The summed E-state index contributed by atoms with van der Waals surface area (Å²) < 4.78 is 40.5. The number of rotatable bonds is 6. The fourth-order valence-corrected chi connectivity index (χ4v) is 6.11. The number of thiophene rings is 1. The van der Waals surface area contributed by atoms with E-state index in [1.54, 1.807) is 37.3 Å². The molecule has 1 aliphatic carbocycles. The monoisotopic (exact) mass is 516 g/mol. The molecule has 2 aromatic heterocycles. The number of alkyl halides is 3. The van der Waals surface area contributed by atoms with Gasteiger partial charge in [0.15, 0.2) is 5.16 Å². The third-order valence-corrected chi connectivity index (χ3v) is 8.14. The molecule has 2 heterocycles. The second kappa shape index (κ2) is 10.4. The predicted molar refractivity (Wildman–Crippen MR) is 131 cm³/mol. The van der Waals surface area contributed by atoms with Crippen molar-refractivity contribution in [1.82, 2.24) is 9.97 Å². The molecule has 0 unspecified atom stereocenters. The number of nitrogens with zero attached hydrogens (tertiary/aromatic N) is 3. The number of anilines is 1. The Morgan fingerprint density at radius 1 is 1.31 bits per heavy atom. The summed E-state index contributed by atoms with van der Waals surface area (Å²) in [4.78, 5) is 22.0. The van der Waals surface area contributed by atoms with Gasteiger partial charge >= 0.3 is 6.18 Å². The van der Waals surface area contributed by atoms with Gasteiger partial charge in [0.05, 0.1) is 16.5 Å². The lowest BCUT2D eigenvalue weighted by Crippen LogP contribution is -2.23. The Morgan fingerprint density at radius 3 is 2.71 bits per heavy atom. The Balaban J connectivity index is 1.55. The molecular formula is C25H23F3N4OS2. The minimum Gasteiger partial charge on any atom is -0.316 e. The zero-order valence-corrected chi connectivity index (χ0v) is 20.8. The molecule has 5 nitrogen and oxygen atoms in total. The molecular weight excluding hydrogens is 493 g/mol. The number of benzene rings is 1. The lowest BCUT2D eigenvalue weighted by molar-refractivity contribution is -0.141. The largest absolute Gasteiger partial charge is 0.433 e. The van der Waals surface area contributed by atoms with E-state index in [9.17, 15) is 23.2 Å². The van der Waals surface area contributed by atoms with Gasteiger partial charge in [0.2, 0.25) is 5.91 Å². The van der Waals surface area contributed by atoms with Gasteiger partial charge < -0.3 is 5.32 Å². The molecule has 0 aliphatic heterocycles. The van der Waals surface area contributed by atoms with Crippen molar-refractivity contribution in [2.45, 2.75) is 56.1 Å². The predicted octanol–water partition coefficient (Wildman–Crippen LogP) is 6.73. The number of fused-ring (bicyclic) bond motifs is 1. The summed E-state index contributed by atoms with van der Waals surface area (Å²) in [6, 6.07) is 11.6. The van der Waals surface area contributed by atoms with Gasteiger partial charge in [-0.15, -0.1) is 11.3 Å². The summed E-state index contributed by atoms with van der Waals surface area (Å²) in [6.45, 7) is 3.73. The molecule has 0 fully saturated rings. The van der Waals surface area contributed by atoms with Gasteiger partial charge in [-0.05, 0) is 43.7 Å². The van der Waals surface area contributed by atoms with E-state index in [0.717, 1.165) is 54.0 Å². The van der Waals surface area contributed by atoms with Crippen LogP contribution in [0.15, 0.2) is 41.6 Å². The van der Waals surface area contributed by atoms with Crippen molar-refractivity contribution in [3.8, 4) is 17.3 Å². The average Bonchev–Trinajstić information content (AvgIpc) is 3.19. The van der Waals surface area contributed by atoms with Gasteiger partial charge in [0, 0.05) is 10.4 Å². The molecule has 0 spiro atoms. The van der Waals surface area contributed by atoms with Gasteiger partial charge in [-0.1, -0.05) is 55.4 Å². The van der Waals surface area contributed by atoms with Crippen LogP contribution < -0.4 is 5.32 Å². The van der Waals surface area contributed by atoms with Crippen molar-refractivity contribution < 1.29 is 18.0 Å². The highest BCUT2D eigenvalue weighted by atomic mass is 32.2. The Kier molecular flexibility index (Phi) is 7.47. The molecule has 0 saturated carbocycles. The van der Waals surface area contributed by atoms with Crippen molar-refractivity contribution in [3.63, 3.8) is 0 Å². The number of nitrogens with one attached hydrogen (secondary N) is 1. The van der Waals surface area contributed by atoms with E-state index in [1.165, 1.54) is 11.3 Å². The zero-order chi connectivity index (χ0) is 25.2. The number of aromatic nitrogens is 2. The third kappa shape index (κ3) is 5.68. The zero-order valence-electron chi connectivity index (χ0n) is 19.1. The van der Waals surface area contributed by atoms with Crippen LogP contribution >= 0.6 is 23.1 Å². The van der Waals surface area contributed by atoms with E-state index in [4.69, 9.17) is 0 Å². The molecule has 1 N–H and O–H groups in total. The molecule has 0 saturated heterocycles. The fourth-order valence-electron chi connectivity index (χ4n) is 4.01. The number of hydrogen-bond acceptors (Lipinski definition) is 6. The van der Waals surface area contributed by atoms with Gasteiger partial charge in [0.25, 0.3) is 0 Å². The van der Waals surface area contributed by atoms with Crippen LogP contribution in [-0.2, 0) is 23.8 Å². The van der Waals surface area contributed by atoms with Crippen LogP contribution in [0.4, 0.5) is 18.2 Å². The summed E-state index contributed by atoms with van der Waals surface area (Å²) in [5.41, 5.74) is 1.08. The first-order valence-corrected chi connectivity index (χ1v) is 12.9. The Bertz CT molecular complexity index is 1270. The molecule has 4 rings (SSSR count). The molecule has 3 aromatic rings. The summed E-state index contributed by atoms with van der Waals surface area (Å²) >= 11 is 2.27. The van der Waals surface area contributed by atoms with E-state index in [-0.39, 0.29) is 10.9 Å². The number of halogens is 3. The summed E-state index contributed by atoms with van der Waals surface area (Å²) in [5, 5.41) is 12.1. The normalized spacial score (nSPS) is 16.3. The lowest BCUT2D eigenvalue weighted by Gasteiger charge is -2.20. The molecule has 1 aromatic carbocycles. The van der Waals surface area contributed by atoms with Crippen LogP contribution in [0.1, 0.15) is 48.4 Å². The summed E-state index contributed by atoms with van der Waals surface area (Å²) in [5.74, 6) is 0.155. The van der Waals surface area contributed by atoms with Crippen LogP contribution in [0.2, 0.25) is 0 Å². The van der Waals surface area contributed by atoms with Crippen LogP contribution in [-0.4, -0.2) is 21.1 Å². The van der Waals surface area contributed by atoms with Gasteiger partial charge in [-0.25, -0.2) is 9.97 Å². The van der Waals surface area contributed by atoms with Crippen molar-refractivity contribution in [2.24, 2.45) is 5.92 Å². The van der Waals surface area contributed by atoms with E-state index in [1.807, 2.05) is 0 Å². The van der Waals surface area contributed by atoms with E-state index in [0.29, 0.717) is 22.0 Å². The number of carbonyl (C=O) groups is 1. The molecule has 1 aliphatic rings. The first-order chi connectivity index (χ1) is 16.7. The molecule has 1 amide bonds. The van der Waals surface area contributed by atoms with Crippen LogP contribution in [0, 0.1) is 17.2 Å². The van der Waals surface area contributed by atoms with Crippen molar-refractivity contribution in [3.05, 3.63) is 58.1 Å². The van der Waals surface area contributed by atoms with Crippen molar-refractivity contribution in [1.29, 1.82) is 5.26 Å². The SMILES string of the molecule is CC[C@@H]1CCc2c(sc(NC(=O)[C@H](C)Sc3nc(-c4ccccc4)cc(C(F)(F)F)n3)c2C#N)C1. The molecule has 0 bridgehead atoms. The van der Waals surface area contributed by atoms with E-state index < -0.39 is 23.0 Å². The molecule has 35 heavy (non-hydrogen) atoms. The first-order valence-electron chi connectivity index (χ1n) is 11.2. The van der Waals surface area contributed by atoms with Crippen LogP contribution in [0.25, 0.3) is 11.3 Å². The fraction of sp³-hybridized carbons (Fsp3) is 0.360. The number of thioether (sulfide) groups is 1. The third-order valence-electron chi connectivity index (χ3n) is 6.01. The number of amides is 1. The smallest absolute Gasteiger partial charge is 0.316 e. The summed E-state index contributed by atoms with van der Waals surface area (Å²) in [7, 11) is 0. The van der Waals surface area contributed by atoms with E-state index in [2.05, 4.69) is 28.3 Å². The van der Waals surface area contributed by atoms with Gasteiger partial charge in [-0.3, -0.25) is 4.79 Å². The minimum atomic E-state index is -4.65. The number of nitriles is 1. The highest BCUT2D eigenvalue weighted by molar-refractivity contribution is 8.00. The maximum Gasteiger partial charge on any atom is 0.433 e. The second-order valence-corrected chi connectivity index (χ2v) is 10.8. The summed E-state index contributed by atoms with van der Waals surface area (Å²) in [6.07, 6.45) is -0.859. The average molecular weight is 517 g/mol. The highest BCUT2D eigenvalue weighted by Gasteiger charge is 2.34. The van der Waals surface area contributed by atoms with Crippen molar-refractivity contribution >= 4 is 34.0 Å². The lowest BCUT2D eigenvalue weighted by atomic mass is 9.86. The number of carbonyl (C=O) groups excluding carboxylic acids is 1. The maximum absolute atomic E-state index is 13.5. The molecule has 2 atom stereocenters. The molecule has 0 radical (unpaired) electrons.